The van der Waals surface area contributed by atoms with E-state index < -0.39 is 0 Å². The van der Waals surface area contributed by atoms with Gasteiger partial charge in [0.05, 0.1) is 0 Å². The first-order valence-corrected chi connectivity index (χ1v) is 3.62. The summed E-state index contributed by atoms with van der Waals surface area (Å²) in [5.41, 5.74) is 2.24. The number of aryl methyl sites for hydroxylation is 1. The van der Waals surface area contributed by atoms with Crippen molar-refractivity contribution < 1.29 is 4.79 Å². The van der Waals surface area contributed by atoms with Gasteiger partial charge in [0.15, 0.2) is 0 Å². The molecule has 0 heterocycles. The predicted octanol–water partition coefficient (Wildman–Crippen LogP) is 0.855. The average molecular weight is 144 g/mol. The van der Waals surface area contributed by atoms with Gasteiger partial charge in [-0.05, 0) is 6.42 Å². The predicted molar refractivity (Wildman–Crippen MR) is 46.6 cm³/mol. The minimum absolute atomic E-state index is 0.587. The Morgan fingerprint density at radius 2 is 2.27 bits per heavy atom. The van der Waals surface area contributed by atoms with Crippen molar-refractivity contribution in [2.75, 3.05) is 0 Å². The Balaban J connectivity index is 3.20. The van der Waals surface area contributed by atoms with Gasteiger partial charge in [-0.25, -0.2) is 0 Å². The van der Waals surface area contributed by atoms with Gasteiger partial charge in [0.2, 0.25) is 0 Å². The molecule has 0 spiro atoms. The first kappa shape index (κ1) is 8.06. The Kier molecular flexibility index (Phi) is 2.47. The molecule has 0 aliphatic rings. The third-order valence-corrected chi connectivity index (χ3v) is 1.74. The number of hydrogen-bond acceptors (Lipinski definition) is 1. The van der Waals surface area contributed by atoms with E-state index in [1.807, 2.05) is 19.1 Å². The van der Waals surface area contributed by atoms with Crippen molar-refractivity contribution in [3.05, 3.63) is 29.3 Å². The average Bonchev–Trinajstić information content (AvgIpc) is 2.05. The SMILES string of the molecule is [B]c1c(C=O)cccc1CC. The zero-order valence-electron chi connectivity index (χ0n) is 6.50. The summed E-state index contributed by atoms with van der Waals surface area (Å²) in [4.78, 5) is 10.4. The zero-order chi connectivity index (χ0) is 8.27. The fraction of sp³-hybridized carbons (Fsp3) is 0.222. The molecule has 0 saturated heterocycles. The molecule has 11 heavy (non-hydrogen) atoms. The fourth-order valence-electron chi connectivity index (χ4n) is 1.04. The lowest BCUT2D eigenvalue weighted by molar-refractivity contribution is 0.112. The molecule has 0 aromatic heterocycles. The van der Waals surface area contributed by atoms with E-state index in [0.717, 1.165) is 18.3 Å². The molecule has 0 aliphatic heterocycles. The molecule has 0 saturated carbocycles. The van der Waals surface area contributed by atoms with E-state index in [2.05, 4.69) is 0 Å². The smallest absolute Gasteiger partial charge is 0.149 e. The van der Waals surface area contributed by atoms with Crippen LogP contribution in [0.2, 0.25) is 0 Å². The highest BCUT2D eigenvalue weighted by Gasteiger charge is 1.98. The van der Waals surface area contributed by atoms with E-state index in [-0.39, 0.29) is 0 Å². The maximum absolute atomic E-state index is 10.4. The highest BCUT2D eigenvalue weighted by Crippen LogP contribution is 1.99. The van der Waals surface area contributed by atoms with Gasteiger partial charge in [-0.15, -0.1) is 0 Å². The Morgan fingerprint density at radius 1 is 1.55 bits per heavy atom. The molecule has 2 heteroatoms. The van der Waals surface area contributed by atoms with Crippen LogP contribution in [0.25, 0.3) is 0 Å². The highest BCUT2D eigenvalue weighted by molar-refractivity contribution is 6.36. The minimum atomic E-state index is 0.587. The molecule has 0 N–H and O–H groups in total. The van der Waals surface area contributed by atoms with Crippen LogP contribution < -0.4 is 5.46 Å². The van der Waals surface area contributed by atoms with Gasteiger partial charge < -0.3 is 0 Å². The van der Waals surface area contributed by atoms with Crippen LogP contribution >= 0.6 is 0 Å². The van der Waals surface area contributed by atoms with Gasteiger partial charge in [0, 0.05) is 5.56 Å². The van der Waals surface area contributed by atoms with Gasteiger partial charge in [-0.3, -0.25) is 4.79 Å². The van der Waals surface area contributed by atoms with E-state index >= 15 is 0 Å². The quantitative estimate of drug-likeness (QED) is 0.444. The van der Waals surface area contributed by atoms with Crippen LogP contribution in [0.15, 0.2) is 18.2 Å². The summed E-state index contributed by atoms with van der Waals surface area (Å²) in [6, 6.07) is 5.50. The normalized spacial score (nSPS) is 9.55. The van der Waals surface area contributed by atoms with Crippen LogP contribution in [-0.4, -0.2) is 14.1 Å². The van der Waals surface area contributed by atoms with Crippen LogP contribution in [0.1, 0.15) is 22.8 Å². The molecule has 0 atom stereocenters. The Bertz CT molecular complexity index is 268. The lowest BCUT2D eigenvalue weighted by Crippen LogP contribution is -2.14. The van der Waals surface area contributed by atoms with Crippen LogP contribution in [-0.2, 0) is 6.42 Å². The third-order valence-electron chi connectivity index (χ3n) is 1.74. The van der Waals surface area contributed by atoms with Crippen molar-refractivity contribution in [3.8, 4) is 0 Å². The number of rotatable bonds is 2. The maximum atomic E-state index is 10.4. The first-order valence-electron chi connectivity index (χ1n) is 3.62. The van der Waals surface area contributed by atoms with E-state index in [1.165, 1.54) is 0 Å². The number of carbonyl (C=O) groups excluding carboxylic acids is 1. The molecule has 0 aliphatic carbocycles. The Labute approximate surface area is 67.8 Å². The molecule has 0 amide bonds. The monoisotopic (exact) mass is 144 g/mol. The lowest BCUT2D eigenvalue weighted by Gasteiger charge is -2.04. The van der Waals surface area contributed by atoms with E-state index in [9.17, 15) is 4.79 Å². The standard InChI is InChI=1S/C9H9BO/c1-2-7-4-3-5-8(6-11)9(7)10/h3-6H,2H2,1H3. The molecule has 1 rings (SSSR count). The van der Waals surface area contributed by atoms with Gasteiger partial charge in [0.1, 0.15) is 14.1 Å². The summed E-state index contributed by atoms with van der Waals surface area (Å²) >= 11 is 0. The molecule has 0 bridgehead atoms. The molecule has 1 aromatic rings. The third kappa shape index (κ3) is 1.51. The maximum Gasteiger partial charge on any atom is 0.149 e. The summed E-state index contributed by atoms with van der Waals surface area (Å²) in [5, 5.41) is 0. The largest absolute Gasteiger partial charge is 0.298 e. The molecule has 1 aromatic carbocycles. The molecule has 0 unspecified atom stereocenters. The van der Waals surface area contributed by atoms with Crippen LogP contribution in [0.4, 0.5) is 0 Å². The molecular formula is C9H9BO. The number of hydrogen-bond donors (Lipinski definition) is 0. The molecule has 0 fully saturated rings. The van der Waals surface area contributed by atoms with Gasteiger partial charge >= 0.3 is 0 Å². The van der Waals surface area contributed by atoms with Crippen LogP contribution in [0.3, 0.4) is 0 Å². The lowest BCUT2D eigenvalue weighted by atomic mass is 9.85. The second-order valence-corrected chi connectivity index (χ2v) is 2.39. The topological polar surface area (TPSA) is 17.1 Å². The number of benzene rings is 1. The van der Waals surface area contributed by atoms with E-state index in [4.69, 9.17) is 7.85 Å². The van der Waals surface area contributed by atoms with Crippen LogP contribution in [0, 0.1) is 0 Å². The van der Waals surface area contributed by atoms with Gasteiger partial charge in [-0.1, -0.05) is 36.1 Å². The van der Waals surface area contributed by atoms with Gasteiger partial charge in [-0.2, -0.15) is 0 Å². The van der Waals surface area contributed by atoms with Gasteiger partial charge in [0.25, 0.3) is 0 Å². The Morgan fingerprint density at radius 3 is 2.82 bits per heavy atom. The molecular weight excluding hydrogens is 135 g/mol. The van der Waals surface area contributed by atoms with Crippen molar-refractivity contribution in [2.24, 2.45) is 0 Å². The summed E-state index contributed by atoms with van der Waals surface area (Å²) in [5.74, 6) is 0. The van der Waals surface area contributed by atoms with Crippen molar-refractivity contribution in [1.82, 2.24) is 0 Å². The second kappa shape index (κ2) is 3.38. The minimum Gasteiger partial charge on any atom is -0.298 e. The fourth-order valence-corrected chi connectivity index (χ4v) is 1.04. The summed E-state index contributed by atoms with van der Waals surface area (Å²) in [7, 11) is 5.67. The Hall–Kier alpha value is -1.05. The molecule has 2 radical (unpaired) electrons. The highest BCUT2D eigenvalue weighted by atomic mass is 16.1. The van der Waals surface area contributed by atoms with E-state index in [0.29, 0.717) is 11.0 Å². The van der Waals surface area contributed by atoms with Crippen molar-refractivity contribution in [3.63, 3.8) is 0 Å². The number of aldehydes is 1. The summed E-state index contributed by atoms with van der Waals surface area (Å²) < 4.78 is 0. The van der Waals surface area contributed by atoms with Crippen molar-refractivity contribution in [2.45, 2.75) is 13.3 Å². The summed E-state index contributed by atoms with van der Waals surface area (Å²) in [6.07, 6.45) is 1.65. The van der Waals surface area contributed by atoms with Crippen molar-refractivity contribution in [1.29, 1.82) is 0 Å². The molecule has 1 nitrogen and oxygen atoms in total. The molecule has 54 valence electrons. The zero-order valence-corrected chi connectivity index (χ0v) is 6.50. The number of carbonyl (C=O) groups is 1. The second-order valence-electron chi connectivity index (χ2n) is 2.39. The van der Waals surface area contributed by atoms with E-state index in [1.54, 1.807) is 6.07 Å². The summed E-state index contributed by atoms with van der Waals surface area (Å²) in [6.45, 7) is 2.01. The van der Waals surface area contributed by atoms with Crippen LogP contribution in [0.5, 0.6) is 0 Å². The first-order chi connectivity index (χ1) is 5.29. The van der Waals surface area contributed by atoms with Crippen molar-refractivity contribution >= 4 is 19.6 Å².